The van der Waals surface area contributed by atoms with Gasteiger partial charge >= 0.3 is 0 Å². The number of anilines is 1. The Hall–Kier alpha value is -2.51. The summed E-state index contributed by atoms with van der Waals surface area (Å²) in [6.07, 6.45) is 0. The third kappa shape index (κ3) is 8.02. The van der Waals surface area contributed by atoms with Crippen molar-refractivity contribution >= 4 is 29.3 Å². The van der Waals surface area contributed by atoms with E-state index in [-0.39, 0.29) is 11.8 Å². The second kappa shape index (κ2) is 11.4. The number of amides is 2. The lowest BCUT2D eigenvalue weighted by atomic mass is 10.2. The Morgan fingerprint density at radius 3 is 2.50 bits per heavy atom. The monoisotopic (exact) mass is 401 g/mol. The van der Waals surface area contributed by atoms with Crippen molar-refractivity contribution in [3.63, 3.8) is 0 Å². The maximum atomic E-state index is 12.1. The molecule has 0 aromatic heterocycles. The number of carbonyl (C=O) groups is 2. The third-order valence-electron chi connectivity index (χ3n) is 3.66. The maximum absolute atomic E-state index is 12.1. The van der Waals surface area contributed by atoms with Gasteiger partial charge in [0.2, 0.25) is 11.8 Å². The molecular weight excluding hydrogens is 374 g/mol. The van der Waals surface area contributed by atoms with E-state index in [9.17, 15) is 9.59 Å². The first-order valence-corrected chi connectivity index (χ1v) is 10.1. The highest BCUT2D eigenvalue weighted by atomic mass is 32.2. The summed E-state index contributed by atoms with van der Waals surface area (Å²) in [5, 5.41) is 5.76. The van der Waals surface area contributed by atoms with Crippen LogP contribution in [-0.4, -0.2) is 49.7 Å². The highest BCUT2D eigenvalue weighted by molar-refractivity contribution is 8.00. The molecule has 2 rings (SSSR count). The van der Waals surface area contributed by atoms with Crippen LogP contribution in [0.4, 0.5) is 5.69 Å². The predicted molar refractivity (Wildman–Crippen MR) is 114 cm³/mol. The van der Waals surface area contributed by atoms with E-state index < -0.39 is 0 Å². The molecule has 6 nitrogen and oxygen atoms in total. The zero-order valence-electron chi connectivity index (χ0n) is 16.5. The fourth-order valence-electron chi connectivity index (χ4n) is 2.45. The number of rotatable bonds is 10. The molecule has 150 valence electrons. The topological polar surface area (TPSA) is 70.7 Å². The number of likely N-dealkylation sites (N-methyl/N-ethyl adjacent to an activating group) is 1. The van der Waals surface area contributed by atoms with E-state index >= 15 is 0 Å². The highest BCUT2D eigenvalue weighted by Gasteiger charge is 2.06. The van der Waals surface area contributed by atoms with Gasteiger partial charge in [0.05, 0.1) is 18.9 Å². The first kappa shape index (κ1) is 21.8. The number of hydrogen-bond donors (Lipinski definition) is 2. The summed E-state index contributed by atoms with van der Waals surface area (Å²) in [5.74, 6) is 1.06. The van der Waals surface area contributed by atoms with Crippen molar-refractivity contribution in [2.75, 3.05) is 38.3 Å². The number of nitrogens with zero attached hydrogens (tertiary/aromatic N) is 1. The largest absolute Gasteiger partial charge is 0.494 e. The van der Waals surface area contributed by atoms with Gasteiger partial charge in [0.1, 0.15) is 5.75 Å². The minimum Gasteiger partial charge on any atom is -0.494 e. The van der Waals surface area contributed by atoms with Gasteiger partial charge in [-0.3, -0.25) is 9.59 Å². The van der Waals surface area contributed by atoms with Crippen molar-refractivity contribution in [3.8, 4) is 5.75 Å². The van der Waals surface area contributed by atoms with Crippen LogP contribution in [-0.2, 0) is 16.1 Å². The predicted octanol–water partition coefficient (Wildman–Crippen LogP) is 2.99. The standard InChI is InChI=1S/C21H27N3O3S/c1-4-27-18-8-10-19(11-9-18)28-15-21(26)22-13-16-6-5-7-17(12-16)23-20(25)14-24(2)3/h5-12H,4,13-15H2,1-3H3,(H,22,26)(H,23,25). The van der Waals surface area contributed by atoms with Crippen LogP contribution >= 0.6 is 11.8 Å². The molecule has 0 aliphatic carbocycles. The van der Waals surface area contributed by atoms with E-state index in [2.05, 4.69) is 10.6 Å². The Morgan fingerprint density at radius 2 is 1.82 bits per heavy atom. The molecule has 0 aliphatic heterocycles. The second-order valence-corrected chi connectivity index (χ2v) is 7.50. The number of hydrogen-bond acceptors (Lipinski definition) is 5. The number of ether oxygens (including phenoxy) is 1. The molecule has 0 saturated heterocycles. The minimum atomic E-state index is -0.0714. The quantitative estimate of drug-likeness (QED) is 0.599. The maximum Gasteiger partial charge on any atom is 0.238 e. The van der Waals surface area contributed by atoms with E-state index in [0.29, 0.717) is 25.4 Å². The van der Waals surface area contributed by atoms with Gasteiger partial charge in [-0.2, -0.15) is 0 Å². The number of carbonyl (C=O) groups excluding carboxylic acids is 2. The summed E-state index contributed by atoms with van der Waals surface area (Å²) in [4.78, 5) is 26.8. The van der Waals surface area contributed by atoms with Crippen LogP contribution in [0.3, 0.4) is 0 Å². The fourth-order valence-corrected chi connectivity index (χ4v) is 3.17. The van der Waals surface area contributed by atoms with Gasteiger partial charge < -0.3 is 20.3 Å². The van der Waals surface area contributed by atoms with Gasteiger partial charge in [-0.15, -0.1) is 11.8 Å². The molecular formula is C21H27N3O3S. The first-order chi connectivity index (χ1) is 13.5. The van der Waals surface area contributed by atoms with E-state index in [0.717, 1.165) is 21.9 Å². The molecule has 2 amide bonds. The molecule has 2 aromatic carbocycles. The van der Waals surface area contributed by atoms with Gasteiger partial charge in [-0.1, -0.05) is 12.1 Å². The zero-order chi connectivity index (χ0) is 20.4. The SMILES string of the molecule is CCOc1ccc(SCC(=O)NCc2cccc(NC(=O)CN(C)C)c2)cc1. The van der Waals surface area contributed by atoms with Crippen molar-refractivity contribution in [3.05, 3.63) is 54.1 Å². The third-order valence-corrected chi connectivity index (χ3v) is 4.68. The summed E-state index contributed by atoms with van der Waals surface area (Å²) in [6.45, 7) is 3.32. The lowest BCUT2D eigenvalue weighted by Crippen LogP contribution is -2.27. The molecule has 2 aromatic rings. The van der Waals surface area contributed by atoms with Crippen LogP contribution in [0.15, 0.2) is 53.4 Å². The molecule has 2 N–H and O–H groups in total. The Labute approximate surface area is 170 Å². The highest BCUT2D eigenvalue weighted by Crippen LogP contribution is 2.21. The van der Waals surface area contributed by atoms with Crippen molar-refractivity contribution < 1.29 is 14.3 Å². The van der Waals surface area contributed by atoms with Gasteiger partial charge in [0.15, 0.2) is 0 Å². The average Bonchev–Trinajstić information content (AvgIpc) is 2.65. The average molecular weight is 402 g/mol. The van der Waals surface area contributed by atoms with Gasteiger partial charge in [-0.25, -0.2) is 0 Å². The molecule has 0 aliphatic rings. The second-order valence-electron chi connectivity index (χ2n) is 6.46. The normalized spacial score (nSPS) is 10.6. The molecule has 0 unspecified atom stereocenters. The van der Waals surface area contributed by atoms with Crippen molar-refractivity contribution in [2.24, 2.45) is 0 Å². The number of benzene rings is 2. The van der Waals surface area contributed by atoms with Crippen LogP contribution in [0.2, 0.25) is 0 Å². The Bertz CT molecular complexity index is 779. The summed E-state index contributed by atoms with van der Waals surface area (Å²) in [6, 6.07) is 15.2. The van der Waals surface area contributed by atoms with Gasteiger partial charge in [-0.05, 0) is 63.0 Å². The van der Waals surface area contributed by atoms with E-state index in [4.69, 9.17) is 4.74 Å². The summed E-state index contributed by atoms with van der Waals surface area (Å²) in [7, 11) is 3.69. The molecule has 0 spiro atoms. The Morgan fingerprint density at radius 1 is 1.07 bits per heavy atom. The number of thioether (sulfide) groups is 1. The molecule has 0 radical (unpaired) electrons. The van der Waals surface area contributed by atoms with E-state index in [1.54, 1.807) is 4.90 Å². The Balaban J connectivity index is 1.77. The Kier molecular flexibility index (Phi) is 8.84. The lowest BCUT2D eigenvalue weighted by molar-refractivity contribution is -0.119. The van der Waals surface area contributed by atoms with Crippen LogP contribution in [0.25, 0.3) is 0 Å². The fraction of sp³-hybridized carbons (Fsp3) is 0.333. The van der Waals surface area contributed by atoms with E-state index in [1.807, 2.05) is 69.6 Å². The molecule has 0 atom stereocenters. The van der Waals surface area contributed by atoms with Crippen molar-refractivity contribution in [2.45, 2.75) is 18.4 Å². The van der Waals surface area contributed by atoms with Crippen LogP contribution in [0.1, 0.15) is 12.5 Å². The summed E-state index contributed by atoms with van der Waals surface area (Å²) in [5.41, 5.74) is 1.66. The zero-order valence-corrected chi connectivity index (χ0v) is 17.3. The minimum absolute atomic E-state index is 0.0408. The van der Waals surface area contributed by atoms with Crippen LogP contribution < -0.4 is 15.4 Å². The molecule has 0 bridgehead atoms. The summed E-state index contributed by atoms with van der Waals surface area (Å²) >= 11 is 1.48. The van der Waals surface area contributed by atoms with Crippen molar-refractivity contribution in [1.29, 1.82) is 0 Å². The van der Waals surface area contributed by atoms with E-state index in [1.165, 1.54) is 11.8 Å². The van der Waals surface area contributed by atoms with Crippen LogP contribution in [0, 0.1) is 0 Å². The smallest absolute Gasteiger partial charge is 0.238 e. The summed E-state index contributed by atoms with van der Waals surface area (Å²) < 4.78 is 5.41. The van der Waals surface area contributed by atoms with Gasteiger partial charge in [0.25, 0.3) is 0 Å². The first-order valence-electron chi connectivity index (χ1n) is 9.12. The van der Waals surface area contributed by atoms with Crippen molar-refractivity contribution in [1.82, 2.24) is 10.2 Å². The van der Waals surface area contributed by atoms with Crippen LogP contribution in [0.5, 0.6) is 5.75 Å². The number of nitrogens with one attached hydrogen (secondary N) is 2. The molecule has 7 heteroatoms. The van der Waals surface area contributed by atoms with Gasteiger partial charge in [0, 0.05) is 17.1 Å². The molecule has 0 fully saturated rings. The molecule has 0 heterocycles. The molecule has 28 heavy (non-hydrogen) atoms. The molecule has 0 saturated carbocycles. The lowest BCUT2D eigenvalue weighted by Gasteiger charge is -2.11.